The fourth-order valence-electron chi connectivity index (χ4n) is 0.899. The Balaban J connectivity index is 3.23. The van der Waals surface area contributed by atoms with Crippen LogP contribution < -0.4 is 5.73 Å². The third-order valence-corrected chi connectivity index (χ3v) is 2.05. The highest BCUT2D eigenvalue weighted by atomic mass is 16.5. The van der Waals surface area contributed by atoms with Crippen molar-refractivity contribution in [3.05, 3.63) is 0 Å². The van der Waals surface area contributed by atoms with E-state index in [1.807, 2.05) is 6.92 Å². The predicted molar refractivity (Wildman–Crippen MR) is 48.6 cm³/mol. The lowest BCUT2D eigenvalue weighted by molar-refractivity contribution is 0.137. The van der Waals surface area contributed by atoms with E-state index < -0.39 is 0 Å². The summed E-state index contributed by atoms with van der Waals surface area (Å²) in [5, 5.41) is 0. The molecule has 0 fully saturated rings. The van der Waals surface area contributed by atoms with Crippen LogP contribution in [0.5, 0.6) is 0 Å². The van der Waals surface area contributed by atoms with Crippen LogP contribution in [0.1, 0.15) is 40.0 Å². The molecule has 0 aromatic heterocycles. The first-order chi connectivity index (χ1) is 5.12. The van der Waals surface area contributed by atoms with Crippen molar-refractivity contribution in [2.75, 3.05) is 13.2 Å². The zero-order chi connectivity index (χ0) is 8.74. The van der Waals surface area contributed by atoms with Crippen molar-refractivity contribution in [3.8, 4) is 0 Å². The molecule has 0 radical (unpaired) electrons. The molecule has 1 atom stereocenters. The second-order valence-electron chi connectivity index (χ2n) is 3.31. The normalized spacial score (nSPS) is 16.4. The Labute approximate surface area is 70.1 Å². The van der Waals surface area contributed by atoms with Crippen LogP contribution in [0.2, 0.25) is 0 Å². The van der Waals surface area contributed by atoms with E-state index in [-0.39, 0.29) is 5.54 Å². The average molecular weight is 159 g/mol. The van der Waals surface area contributed by atoms with Gasteiger partial charge in [-0.05, 0) is 33.1 Å². The molecule has 0 aromatic rings. The van der Waals surface area contributed by atoms with Crippen LogP contribution in [0, 0.1) is 0 Å². The van der Waals surface area contributed by atoms with Gasteiger partial charge in [-0.1, -0.05) is 6.92 Å². The maximum atomic E-state index is 5.94. The quantitative estimate of drug-likeness (QED) is 0.601. The molecule has 0 aliphatic heterocycles. The topological polar surface area (TPSA) is 35.2 Å². The molecule has 0 saturated carbocycles. The van der Waals surface area contributed by atoms with Gasteiger partial charge in [0.1, 0.15) is 0 Å². The molecular formula is C9H21NO. The van der Waals surface area contributed by atoms with Gasteiger partial charge < -0.3 is 10.5 Å². The van der Waals surface area contributed by atoms with Crippen molar-refractivity contribution < 1.29 is 4.74 Å². The second kappa shape index (κ2) is 5.56. The Morgan fingerprint density at radius 3 is 2.45 bits per heavy atom. The number of hydrogen-bond acceptors (Lipinski definition) is 2. The first-order valence-corrected chi connectivity index (χ1v) is 4.49. The molecule has 1 unspecified atom stereocenters. The van der Waals surface area contributed by atoms with E-state index in [1.54, 1.807) is 0 Å². The van der Waals surface area contributed by atoms with E-state index >= 15 is 0 Å². The third kappa shape index (κ3) is 6.32. The Bertz CT molecular complexity index is 91.6. The molecular weight excluding hydrogens is 138 g/mol. The highest BCUT2D eigenvalue weighted by Crippen LogP contribution is 2.12. The summed E-state index contributed by atoms with van der Waals surface area (Å²) in [7, 11) is 0. The molecule has 0 aromatic carbocycles. The van der Waals surface area contributed by atoms with Gasteiger partial charge in [-0.15, -0.1) is 0 Å². The van der Waals surface area contributed by atoms with Gasteiger partial charge in [0.25, 0.3) is 0 Å². The summed E-state index contributed by atoms with van der Waals surface area (Å²) < 4.78 is 5.22. The lowest BCUT2D eigenvalue weighted by atomic mass is 9.94. The lowest BCUT2D eigenvalue weighted by Crippen LogP contribution is -2.35. The SMILES string of the molecule is CCOCCCC(C)(N)CC. The number of nitrogens with two attached hydrogens (primary N) is 1. The summed E-state index contributed by atoms with van der Waals surface area (Å²) >= 11 is 0. The average Bonchev–Trinajstić information content (AvgIpc) is 1.99. The summed E-state index contributed by atoms with van der Waals surface area (Å²) in [6.07, 6.45) is 3.18. The molecule has 11 heavy (non-hydrogen) atoms. The molecule has 2 N–H and O–H groups in total. The van der Waals surface area contributed by atoms with Crippen molar-refractivity contribution in [1.29, 1.82) is 0 Å². The van der Waals surface area contributed by atoms with Gasteiger partial charge in [0.05, 0.1) is 0 Å². The molecule has 0 saturated heterocycles. The van der Waals surface area contributed by atoms with E-state index in [4.69, 9.17) is 10.5 Å². The van der Waals surface area contributed by atoms with Gasteiger partial charge in [0.2, 0.25) is 0 Å². The van der Waals surface area contributed by atoms with Gasteiger partial charge in [-0.3, -0.25) is 0 Å². The molecule has 0 amide bonds. The fourth-order valence-corrected chi connectivity index (χ4v) is 0.899. The van der Waals surface area contributed by atoms with Gasteiger partial charge >= 0.3 is 0 Å². The van der Waals surface area contributed by atoms with Gasteiger partial charge in [-0.25, -0.2) is 0 Å². The monoisotopic (exact) mass is 159 g/mol. The second-order valence-corrected chi connectivity index (χ2v) is 3.31. The van der Waals surface area contributed by atoms with Crippen LogP contribution in [0.15, 0.2) is 0 Å². The third-order valence-electron chi connectivity index (χ3n) is 2.05. The molecule has 0 aliphatic carbocycles. The van der Waals surface area contributed by atoms with E-state index in [9.17, 15) is 0 Å². The molecule has 68 valence electrons. The summed E-state index contributed by atoms with van der Waals surface area (Å²) in [5.41, 5.74) is 5.95. The fraction of sp³-hybridized carbons (Fsp3) is 1.00. The molecule has 0 aliphatic rings. The van der Waals surface area contributed by atoms with E-state index in [2.05, 4.69) is 13.8 Å². The summed E-state index contributed by atoms with van der Waals surface area (Å²) in [5.74, 6) is 0. The largest absolute Gasteiger partial charge is 0.382 e. The molecule has 0 spiro atoms. The summed E-state index contributed by atoms with van der Waals surface area (Å²) in [6.45, 7) is 7.90. The van der Waals surface area contributed by atoms with Crippen molar-refractivity contribution in [3.63, 3.8) is 0 Å². The summed E-state index contributed by atoms with van der Waals surface area (Å²) in [6, 6.07) is 0. The zero-order valence-electron chi connectivity index (χ0n) is 8.02. The summed E-state index contributed by atoms with van der Waals surface area (Å²) in [4.78, 5) is 0. The standard InChI is InChI=1S/C9H21NO/c1-4-9(3,10)7-6-8-11-5-2/h4-8,10H2,1-3H3. The predicted octanol–water partition coefficient (Wildman–Crippen LogP) is 1.93. The van der Waals surface area contributed by atoms with Crippen LogP contribution in [0.25, 0.3) is 0 Å². The molecule has 0 heterocycles. The molecule has 0 rings (SSSR count). The Hall–Kier alpha value is -0.0800. The van der Waals surface area contributed by atoms with Crippen LogP contribution in [-0.4, -0.2) is 18.8 Å². The smallest absolute Gasteiger partial charge is 0.0466 e. The van der Waals surface area contributed by atoms with Crippen LogP contribution >= 0.6 is 0 Å². The number of hydrogen-bond donors (Lipinski definition) is 1. The Kier molecular flexibility index (Phi) is 5.51. The van der Waals surface area contributed by atoms with Crippen LogP contribution in [0.3, 0.4) is 0 Å². The van der Waals surface area contributed by atoms with Crippen molar-refractivity contribution in [2.45, 2.75) is 45.6 Å². The molecule has 2 heteroatoms. The van der Waals surface area contributed by atoms with E-state index in [0.717, 1.165) is 32.5 Å². The Morgan fingerprint density at radius 2 is 2.00 bits per heavy atom. The van der Waals surface area contributed by atoms with E-state index in [1.165, 1.54) is 0 Å². The minimum Gasteiger partial charge on any atom is -0.382 e. The maximum Gasteiger partial charge on any atom is 0.0466 e. The Morgan fingerprint density at radius 1 is 1.36 bits per heavy atom. The van der Waals surface area contributed by atoms with Gasteiger partial charge in [0.15, 0.2) is 0 Å². The first kappa shape index (κ1) is 10.9. The van der Waals surface area contributed by atoms with E-state index in [0.29, 0.717) is 0 Å². The van der Waals surface area contributed by atoms with Crippen LogP contribution in [0.4, 0.5) is 0 Å². The van der Waals surface area contributed by atoms with Crippen LogP contribution in [-0.2, 0) is 4.74 Å². The molecule has 0 bridgehead atoms. The molecule has 2 nitrogen and oxygen atoms in total. The minimum atomic E-state index is 0.0110. The lowest BCUT2D eigenvalue weighted by Gasteiger charge is -2.22. The highest BCUT2D eigenvalue weighted by Gasteiger charge is 2.13. The highest BCUT2D eigenvalue weighted by molar-refractivity contribution is 4.75. The zero-order valence-corrected chi connectivity index (χ0v) is 8.02. The minimum absolute atomic E-state index is 0.0110. The van der Waals surface area contributed by atoms with Crippen molar-refractivity contribution >= 4 is 0 Å². The van der Waals surface area contributed by atoms with Gasteiger partial charge in [0, 0.05) is 18.8 Å². The van der Waals surface area contributed by atoms with Crippen molar-refractivity contribution in [1.82, 2.24) is 0 Å². The number of ether oxygens (including phenoxy) is 1. The maximum absolute atomic E-state index is 5.94. The first-order valence-electron chi connectivity index (χ1n) is 4.49. The number of rotatable bonds is 6. The van der Waals surface area contributed by atoms with Gasteiger partial charge in [-0.2, -0.15) is 0 Å². The van der Waals surface area contributed by atoms with Crippen molar-refractivity contribution in [2.24, 2.45) is 5.73 Å².